The Kier molecular flexibility index (Phi) is 5.73. The number of nitrogens with two attached hydrogens (primary N) is 1. The Bertz CT molecular complexity index is 423. The number of nitrogens with zero attached hydrogens (tertiary/aromatic N) is 1. The molecule has 0 saturated carbocycles. The van der Waals surface area contributed by atoms with E-state index in [1.807, 2.05) is 27.7 Å². The molecule has 1 aliphatic heterocycles. The van der Waals surface area contributed by atoms with Gasteiger partial charge in [-0.05, 0) is 63.1 Å². The third-order valence-corrected chi connectivity index (χ3v) is 3.80. The molecule has 5 nitrogen and oxygen atoms in total. The number of nitrogens with one attached hydrogen (secondary N) is 1. The fourth-order valence-electron chi connectivity index (χ4n) is 2.05. The summed E-state index contributed by atoms with van der Waals surface area (Å²) in [6.45, 7) is 12.2. The molecular weight excluding hydrogens is 369 g/mol. The summed E-state index contributed by atoms with van der Waals surface area (Å²) >= 11 is 2.05. The Morgan fingerprint density at radius 2 is 2.10 bits per heavy atom. The van der Waals surface area contributed by atoms with E-state index in [-0.39, 0.29) is 12.1 Å². The fourth-order valence-corrected chi connectivity index (χ4v) is 2.19. The predicted octanol–water partition coefficient (Wildman–Crippen LogP) is 3.07. The number of likely N-dealkylation sites (tertiary alicyclic amines) is 1. The largest absolute Gasteiger partial charge is 0.444 e. The smallest absolute Gasteiger partial charge is 0.410 e. The maximum absolute atomic E-state index is 12.2. The van der Waals surface area contributed by atoms with Crippen molar-refractivity contribution >= 4 is 28.7 Å². The lowest BCUT2D eigenvalue weighted by molar-refractivity contribution is 0.0246. The molecule has 0 spiro atoms. The Morgan fingerprint density at radius 3 is 2.60 bits per heavy atom. The zero-order valence-electron chi connectivity index (χ0n) is 12.6. The molecule has 20 heavy (non-hydrogen) atoms. The van der Waals surface area contributed by atoms with Gasteiger partial charge in [0.15, 0.2) is 0 Å². The highest BCUT2D eigenvalue weighted by molar-refractivity contribution is 14.1. The van der Waals surface area contributed by atoms with Crippen LogP contribution in [-0.2, 0) is 4.74 Å². The van der Waals surface area contributed by atoms with Gasteiger partial charge in [0, 0.05) is 17.9 Å². The van der Waals surface area contributed by atoms with Crippen LogP contribution in [0.2, 0.25) is 0 Å². The molecule has 0 radical (unpaired) electrons. The summed E-state index contributed by atoms with van der Waals surface area (Å²) in [7, 11) is 0. The van der Waals surface area contributed by atoms with Crippen LogP contribution >= 0.6 is 22.6 Å². The molecular formula is C14H24IN3O2. The van der Waals surface area contributed by atoms with E-state index in [1.54, 1.807) is 4.90 Å². The second-order valence-corrected chi connectivity index (χ2v) is 7.12. The minimum absolute atomic E-state index is 0.0458. The second kappa shape index (κ2) is 6.69. The minimum atomic E-state index is -0.485. The number of halogens is 1. The summed E-state index contributed by atoms with van der Waals surface area (Å²) in [4.78, 5) is 13.9. The van der Waals surface area contributed by atoms with Crippen molar-refractivity contribution in [2.75, 3.05) is 6.54 Å². The standard InChI is InChI=1S/C14H24IN3O2/c1-9(17-10(2)12(15)16)11-7-6-8-18(11)13(19)20-14(3,4)5/h11,17H,1,6-8,16H2,2-5H3/b12-10-/t11-/m0/s1. The first-order valence-corrected chi connectivity index (χ1v) is 7.77. The van der Waals surface area contributed by atoms with Gasteiger partial charge in [-0.2, -0.15) is 0 Å². The van der Waals surface area contributed by atoms with Crippen LogP contribution in [0.4, 0.5) is 4.79 Å². The van der Waals surface area contributed by atoms with Crippen LogP contribution in [0.5, 0.6) is 0 Å². The van der Waals surface area contributed by atoms with Crippen LogP contribution in [0, 0.1) is 0 Å². The molecule has 0 aromatic carbocycles. The molecule has 1 atom stereocenters. The van der Waals surface area contributed by atoms with Gasteiger partial charge in [-0.25, -0.2) is 4.79 Å². The Morgan fingerprint density at radius 1 is 1.50 bits per heavy atom. The quantitative estimate of drug-likeness (QED) is 0.571. The van der Waals surface area contributed by atoms with Crippen molar-refractivity contribution in [2.24, 2.45) is 5.73 Å². The Hall–Kier alpha value is -0.920. The summed E-state index contributed by atoms with van der Waals surface area (Å²) < 4.78 is 6.12. The maximum atomic E-state index is 12.2. The van der Waals surface area contributed by atoms with Crippen molar-refractivity contribution in [1.29, 1.82) is 0 Å². The number of carbonyl (C=O) groups excluding carboxylic acids is 1. The average Bonchev–Trinajstić information content (AvgIpc) is 2.74. The van der Waals surface area contributed by atoms with Crippen molar-refractivity contribution in [1.82, 2.24) is 10.2 Å². The summed E-state index contributed by atoms with van der Waals surface area (Å²) in [6.07, 6.45) is 1.55. The first kappa shape index (κ1) is 17.1. The molecule has 6 heteroatoms. The minimum Gasteiger partial charge on any atom is -0.444 e. The maximum Gasteiger partial charge on any atom is 0.410 e. The zero-order valence-corrected chi connectivity index (χ0v) is 14.8. The molecule has 114 valence electrons. The van der Waals surface area contributed by atoms with E-state index in [0.29, 0.717) is 10.2 Å². The highest BCUT2D eigenvalue weighted by Crippen LogP contribution is 2.24. The van der Waals surface area contributed by atoms with Gasteiger partial charge < -0.3 is 15.8 Å². The highest BCUT2D eigenvalue weighted by atomic mass is 127. The number of carbonyl (C=O) groups is 1. The van der Waals surface area contributed by atoms with Crippen LogP contribution < -0.4 is 11.1 Å². The molecule has 0 unspecified atom stereocenters. The lowest BCUT2D eigenvalue weighted by Crippen LogP contribution is -2.42. The Labute approximate surface area is 134 Å². The topological polar surface area (TPSA) is 67.6 Å². The van der Waals surface area contributed by atoms with Crippen molar-refractivity contribution in [3.63, 3.8) is 0 Å². The molecule has 1 amide bonds. The van der Waals surface area contributed by atoms with Gasteiger partial charge in [0.2, 0.25) is 0 Å². The SMILES string of the molecule is C=C(N/C(C)=C(\N)I)[C@@H]1CCCN1C(=O)OC(C)(C)C. The van der Waals surface area contributed by atoms with Crippen molar-refractivity contribution < 1.29 is 9.53 Å². The number of rotatable bonds is 3. The molecule has 1 aliphatic rings. The van der Waals surface area contributed by atoms with Gasteiger partial charge in [0.05, 0.1) is 9.75 Å². The van der Waals surface area contributed by atoms with E-state index in [4.69, 9.17) is 10.5 Å². The number of ether oxygens (including phenoxy) is 1. The molecule has 0 aromatic rings. The van der Waals surface area contributed by atoms with Crippen LogP contribution in [0.3, 0.4) is 0 Å². The van der Waals surface area contributed by atoms with Crippen LogP contribution in [-0.4, -0.2) is 29.2 Å². The van der Waals surface area contributed by atoms with Crippen molar-refractivity contribution in [3.05, 3.63) is 21.7 Å². The third kappa shape index (κ3) is 4.88. The number of allylic oxidation sites excluding steroid dienone is 1. The van der Waals surface area contributed by atoms with Crippen LogP contribution in [0.1, 0.15) is 40.5 Å². The van der Waals surface area contributed by atoms with E-state index in [9.17, 15) is 4.79 Å². The first-order chi connectivity index (χ1) is 9.11. The lowest BCUT2D eigenvalue weighted by Gasteiger charge is -2.30. The number of amides is 1. The summed E-state index contributed by atoms with van der Waals surface area (Å²) in [5.41, 5.74) is 6.87. The van der Waals surface area contributed by atoms with Gasteiger partial charge in [-0.1, -0.05) is 6.58 Å². The monoisotopic (exact) mass is 393 g/mol. The summed E-state index contributed by atoms with van der Waals surface area (Å²) in [6, 6.07) is -0.0458. The predicted molar refractivity (Wildman–Crippen MR) is 89.1 cm³/mol. The Balaban J connectivity index is 2.72. The van der Waals surface area contributed by atoms with Gasteiger partial charge in [0.25, 0.3) is 0 Å². The van der Waals surface area contributed by atoms with Gasteiger partial charge in [-0.3, -0.25) is 4.90 Å². The van der Waals surface area contributed by atoms with E-state index in [2.05, 4.69) is 34.5 Å². The van der Waals surface area contributed by atoms with E-state index in [1.165, 1.54) is 0 Å². The second-order valence-electron chi connectivity index (χ2n) is 5.95. The van der Waals surface area contributed by atoms with Gasteiger partial charge >= 0.3 is 6.09 Å². The highest BCUT2D eigenvalue weighted by Gasteiger charge is 2.33. The molecule has 1 fully saturated rings. The fraction of sp³-hybridized carbons (Fsp3) is 0.643. The summed E-state index contributed by atoms with van der Waals surface area (Å²) in [5, 5.41) is 3.17. The van der Waals surface area contributed by atoms with E-state index >= 15 is 0 Å². The van der Waals surface area contributed by atoms with E-state index in [0.717, 1.165) is 24.2 Å². The van der Waals surface area contributed by atoms with Gasteiger partial charge in [0.1, 0.15) is 5.60 Å². The van der Waals surface area contributed by atoms with Crippen molar-refractivity contribution in [2.45, 2.75) is 52.2 Å². The molecule has 0 bridgehead atoms. The number of hydrogen-bond acceptors (Lipinski definition) is 4. The van der Waals surface area contributed by atoms with Crippen LogP contribution in [0.15, 0.2) is 21.7 Å². The molecule has 1 heterocycles. The molecule has 1 saturated heterocycles. The van der Waals surface area contributed by atoms with Crippen LogP contribution in [0.25, 0.3) is 0 Å². The van der Waals surface area contributed by atoms with Crippen molar-refractivity contribution in [3.8, 4) is 0 Å². The number of hydrogen-bond donors (Lipinski definition) is 2. The normalized spacial score (nSPS) is 20.4. The molecule has 1 rings (SSSR count). The zero-order chi connectivity index (χ0) is 15.5. The first-order valence-electron chi connectivity index (χ1n) is 6.69. The third-order valence-electron chi connectivity index (χ3n) is 2.99. The molecule has 0 aromatic heterocycles. The van der Waals surface area contributed by atoms with E-state index < -0.39 is 5.60 Å². The molecule has 0 aliphatic carbocycles. The molecule has 3 N–H and O–H groups in total. The average molecular weight is 393 g/mol. The van der Waals surface area contributed by atoms with Gasteiger partial charge in [-0.15, -0.1) is 0 Å². The summed E-state index contributed by atoms with van der Waals surface area (Å²) in [5.74, 6) is 0. The lowest BCUT2D eigenvalue weighted by atomic mass is 10.1.